The first-order valence-electron chi connectivity index (χ1n) is 5.52. The van der Waals surface area contributed by atoms with Crippen LogP contribution < -0.4 is 11.1 Å². The minimum atomic E-state index is -0.550. The van der Waals surface area contributed by atoms with Crippen molar-refractivity contribution < 1.29 is 9.53 Å². The lowest BCUT2D eigenvalue weighted by Gasteiger charge is -2.28. The molecule has 0 radical (unpaired) electrons. The lowest BCUT2D eigenvalue weighted by Crippen LogP contribution is -2.50. The number of nitrogens with two attached hydrogens (primary N) is 1. The van der Waals surface area contributed by atoms with Gasteiger partial charge in [0.25, 0.3) is 0 Å². The summed E-state index contributed by atoms with van der Waals surface area (Å²) in [6.07, 6.45) is 3.40. The molecule has 0 spiro atoms. The van der Waals surface area contributed by atoms with Gasteiger partial charge in [0, 0.05) is 13.2 Å². The predicted molar refractivity (Wildman–Crippen MR) is 59.4 cm³/mol. The van der Waals surface area contributed by atoms with E-state index in [9.17, 15) is 4.79 Å². The maximum absolute atomic E-state index is 11.7. The molecule has 4 nitrogen and oxygen atoms in total. The SMILES string of the molecule is COCC(N)C(=O)NC1CCCC1(C)C. The van der Waals surface area contributed by atoms with Gasteiger partial charge < -0.3 is 15.8 Å². The fraction of sp³-hybridized carbons (Fsp3) is 0.909. The maximum atomic E-state index is 11.7. The minimum absolute atomic E-state index is 0.100. The quantitative estimate of drug-likeness (QED) is 0.722. The van der Waals surface area contributed by atoms with Gasteiger partial charge in [-0.15, -0.1) is 0 Å². The van der Waals surface area contributed by atoms with Crippen LogP contribution in [0.1, 0.15) is 33.1 Å². The summed E-state index contributed by atoms with van der Waals surface area (Å²) in [5.41, 5.74) is 5.85. The zero-order valence-corrected chi connectivity index (χ0v) is 9.88. The van der Waals surface area contributed by atoms with Crippen LogP contribution in [0.2, 0.25) is 0 Å². The van der Waals surface area contributed by atoms with E-state index >= 15 is 0 Å². The van der Waals surface area contributed by atoms with Crippen molar-refractivity contribution >= 4 is 5.91 Å². The number of rotatable bonds is 4. The van der Waals surface area contributed by atoms with Crippen molar-refractivity contribution in [3.8, 4) is 0 Å². The van der Waals surface area contributed by atoms with E-state index in [1.54, 1.807) is 7.11 Å². The van der Waals surface area contributed by atoms with Crippen molar-refractivity contribution in [2.75, 3.05) is 13.7 Å². The zero-order valence-electron chi connectivity index (χ0n) is 9.88. The van der Waals surface area contributed by atoms with E-state index < -0.39 is 6.04 Å². The highest BCUT2D eigenvalue weighted by molar-refractivity contribution is 5.82. The first-order chi connectivity index (χ1) is 6.97. The molecule has 0 aromatic carbocycles. The molecule has 1 rings (SSSR count). The van der Waals surface area contributed by atoms with Gasteiger partial charge in [-0.25, -0.2) is 0 Å². The largest absolute Gasteiger partial charge is 0.383 e. The third kappa shape index (κ3) is 3.18. The van der Waals surface area contributed by atoms with Crippen molar-refractivity contribution in [3.05, 3.63) is 0 Å². The van der Waals surface area contributed by atoms with E-state index in [4.69, 9.17) is 10.5 Å². The van der Waals surface area contributed by atoms with Crippen LogP contribution >= 0.6 is 0 Å². The molecular weight excluding hydrogens is 192 g/mol. The average molecular weight is 214 g/mol. The fourth-order valence-electron chi connectivity index (χ4n) is 2.13. The molecule has 2 atom stereocenters. The number of hydrogen-bond acceptors (Lipinski definition) is 3. The summed E-state index contributed by atoms with van der Waals surface area (Å²) in [4.78, 5) is 11.7. The number of hydrogen-bond donors (Lipinski definition) is 2. The van der Waals surface area contributed by atoms with Crippen molar-refractivity contribution in [1.82, 2.24) is 5.32 Å². The standard InChI is InChI=1S/C11H22N2O2/c1-11(2)6-4-5-9(11)13-10(14)8(12)7-15-3/h8-9H,4-7,12H2,1-3H3,(H,13,14). The molecule has 0 aromatic heterocycles. The Labute approximate surface area is 91.5 Å². The van der Waals surface area contributed by atoms with Crippen molar-refractivity contribution in [1.29, 1.82) is 0 Å². The summed E-state index contributed by atoms with van der Waals surface area (Å²) < 4.78 is 4.86. The van der Waals surface area contributed by atoms with Crippen LogP contribution in [0.5, 0.6) is 0 Å². The van der Waals surface area contributed by atoms with Crippen LogP contribution in [-0.2, 0) is 9.53 Å². The highest BCUT2D eigenvalue weighted by atomic mass is 16.5. The third-order valence-electron chi connectivity index (χ3n) is 3.26. The van der Waals surface area contributed by atoms with Gasteiger partial charge in [0.15, 0.2) is 0 Å². The summed E-state index contributed by atoms with van der Waals surface area (Å²) in [7, 11) is 1.55. The van der Waals surface area contributed by atoms with E-state index in [0.717, 1.165) is 12.8 Å². The molecule has 2 unspecified atom stereocenters. The van der Waals surface area contributed by atoms with Crippen LogP contribution in [0.25, 0.3) is 0 Å². The average Bonchev–Trinajstić information content (AvgIpc) is 2.46. The van der Waals surface area contributed by atoms with Gasteiger partial charge in [-0.2, -0.15) is 0 Å². The molecule has 15 heavy (non-hydrogen) atoms. The topological polar surface area (TPSA) is 64.3 Å². The van der Waals surface area contributed by atoms with E-state index in [1.165, 1.54) is 6.42 Å². The van der Waals surface area contributed by atoms with Crippen LogP contribution in [0.3, 0.4) is 0 Å². The monoisotopic (exact) mass is 214 g/mol. The van der Waals surface area contributed by atoms with Gasteiger partial charge in [0.05, 0.1) is 6.61 Å². The number of carbonyl (C=O) groups excluding carboxylic acids is 1. The van der Waals surface area contributed by atoms with E-state index in [-0.39, 0.29) is 24.0 Å². The Morgan fingerprint density at radius 3 is 2.80 bits per heavy atom. The number of methoxy groups -OCH3 is 1. The maximum Gasteiger partial charge on any atom is 0.239 e. The normalized spacial score (nSPS) is 26.3. The van der Waals surface area contributed by atoms with Gasteiger partial charge in [-0.05, 0) is 18.3 Å². The molecule has 0 aliphatic heterocycles. The highest BCUT2D eigenvalue weighted by Crippen LogP contribution is 2.37. The minimum Gasteiger partial charge on any atom is -0.383 e. The number of amides is 1. The lowest BCUT2D eigenvalue weighted by molar-refractivity contribution is -0.124. The highest BCUT2D eigenvalue weighted by Gasteiger charge is 2.35. The third-order valence-corrected chi connectivity index (χ3v) is 3.26. The molecule has 88 valence electrons. The Kier molecular flexibility index (Phi) is 4.11. The van der Waals surface area contributed by atoms with E-state index in [1.807, 2.05) is 0 Å². The summed E-state index contributed by atoms with van der Waals surface area (Å²) in [5.74, 6) is -0.100. The number of carbonyl (C=O) groups is 1. The second-order valence-electron chi connectivity index (χ2n) is 5.00. The molecule has 1 amide bonds. The predicted octanol–water partition coefficient (Wildman–Crippen LogP) is 0.655. The second-order valence-corrected chi connectivity index (χ2v) is 5.00. The Morgan fingerprint density at radius 2 is 2.33 bits per heavy atom. The summed E-state index contributed by atoms with van der Waals surface area (Å²) >= 11 is 0. The molecule has 1 aliphatic rings. The summed E-state index contributed by atoms with van der Waals surface area (Å²) in [5, 5.41) is 3.01. The zero-order chi connectivity index (χ0) is 11.5. The molecule has 0 aromatic rings. The molecule has 0 saturated heterocycles. The molecule has 1 fully saturated rings. The first kappa shape index (κ1) is 12.5. The van der Waals surface area contributed by atoms with Crippen molar-refractivity contribution in [2.24, 2.45) is 11.1 Å². The first-order valence-corrected chi connectivity index (χ1v) is 5.52. The van der Waals surface area contributed by atoms with Gasteiger partial charge in [-0.3, -0.25) is 4.79 Å². The molecule has 3 N–H and O–H groups in total. The van der Waals surface area contributed by atoms with Gasteiger partial charge in [0.2, 0.25) is 5.91 Å². The van der Waals surface area contributed by atoms with Crippen molar-refractivity contribution in [2.45, 2.75) is 45.2 Å². The smallest absolute Gasteiger partial charge is 0.239 e. The summed E-state index contributed by atoms with van der Waals surface area (Å²) in [6.45, 7) is 4.65. The lowest BCUT2D eigenvalue weighted by atomic mass is 9.87. The van der Waals surface area contributed by atoms with Crippen molar-refractivity contribution in [3.63, 3.8) is 0 Å². The Morgan fingerprint density at radius 1 is 1.67 bits per heavy atom. The molecule has 0 heterocycles. The number of ether oxygens (including phenoxy) is 1. The van der Waals surface area contributed by atoms with Gasteiger partial charge in [-0.1, -0.05) is 20.3 Å². The van der Waals surface area contributed by atoms with E-state index in [0.29, 0.717) is 0 Å². The Balaban J connectivity index is 2.44. The van der Waals surface area contributed by atoms with Gasteiger partial charge in [0.1, 0.15) is 6.04 Å². The second kappa shape index (κ2) is 4.94. The van der Waals surface area contributed by atoms with Gasteiger partial charge >= 0.3 is 0 Å². The molecule has 4 heteroatoms. The molecular formula is C11H22N2O2. The fourth-order valence-corrected chi connectivity index (χ4v) is 2.13. The summed E-state index contributed by atoms with van der Waals surface area (Å²) in [6, 6.07) is -0.292. The van der Waals surface area contributed by atoms with E-state index in [2.05, 4.69) is 19.2 Å². The Hall–Kier alpha value is -0.610. The van der Waals surface area contributed by atoms with Crippen LogP contribution in [0.4, 0.5) is 0 Å². The van der Waals surface area contributed by atoms with Crippen LogP contribution in [0, 0.1) is 5.41 Å². The molecule has 1 aliphatic carbocycles. The number of nitrogens with one attached hydrogen (secondary N) is 1. The molecule has 1 saturated carbocycles. The van der Waals surface area contributed by atoms with Crippen LogP contribution in [0.15, 0.2) is 0 Å². The molecule has 0 bridgehead atoms. The Bertz CT molecular complexity index is 229. The van der Waals surface area contributed by atoms with Crippen LogP contribution in [-0.4, -0.2) is 31.7 Å².